The van der Waals surface area contributed by atoms with Gasteiger partial charge < -0.3 is 9.73 Å². The number of nitrogens with one attached hydrogen (secondary N) is 1. The monoisotopic (exact) mass is 286 g/mol. The lowest BCUT2D eigenvalue weighted by molar-refractivity contribution is -0.122. The van der Waals surface area contributed by atoms with Gasteiger partial charge in [0, 0.05) is 19.0 Å². The van der Waals surface area contributed by atoms with Crippen molar-refractivity contribution in [2.24, 2.45) is 5.92 Å². The molecule has 0 saturated heterocycles. The Morgan fingerprint density at radius 3 is 2.76 bits per heavy atom. The Morgan fingerprint density at radius 1 is 1.33 bits per heavy atom. The number of amides is 1. The summed E-state index contributed by atoms with van der Waals surface area (Å²) in [5.41, 5.74) is 2.04. The van der Waals surface area contributed by atoms with Crippen molar-refractivity contribution in [3.05, 3.63) is 53.7 Å². The smallest absolute Gasteiger partial charge is 0.220 e. The molecule has 4 heteroatoms. The number of pyridine rings is 1. The predicted molar refractivity (Wildman–Crippen MR) is 81.7 cm³/mol. The Morgan fingerprint density at radius 2 is 2.14 bits per heavy atom. The molecule has 0 spiro atoms. The number of aromatic nitrogens is 1. The molecule has 112 valence electrons. The average molecular weight is 286 g/mol. The van der Waals surface area contributed by atoms with Crippen molar-refractivity contribution >= 4 is 5.91 Å². The summed E-state index contributed by atoms with van der Waals surface area (Å²) < 4.78 is 5.25. The highest BCUT2D eigenvalue weighted by Gasteiger charge is 2.21. The highest BCUT2D eigenvalue weighted by atomic mass is 16.3. The minimum absolute atomic E-state index is 0.0233. The summed E-state index contributed by atoms with van der Waals surface area (Å²) in [6.45, 7) is 6.20. The molecule has 0 bridgehead atoms. The third kappa shape index (κ3) is 4.18. The summed E-state index contributed by atoms with van der Waals surface area (Å²) in [5, 5.41) is 3.09. The Balaban J connectivity index is 2.00. The second-order valence-electron chi connectivity index (χ2n) is 5.57. The minimum Gasteiger partial charge on any atom is -0.469 e. The molecule has 0 unspecified atom stereocenters. The van der Waals surface area contributed by atoms with E-state index in [1.165, 1.54) is 0 Å². The number of aryl methyl sites for hydroxylation is 2. The van der Waals surface area contributed by atoms with E-state index in [0.29, 0.717) is 12.8 Å². The van der Waals surface area contributed by atoms with Gasteiger partial charge in [0.1, 0.15) is 5.76 Å². The molecule has 0 saturated carbocycles. The molecule has 2 aromatic rings. The zero-order valence-electron chi connectivity index (χ0n) is 12.8. The Bertz CT molecular complexity index is 576. The van der Waals surface area contributed by atoms with Gasteiger partial charge in [0.2, 0.25) is 5.91 Å². The van der Waals surface area contributed by atoms with E-state index in [0.717, 1.165) is 17.0 Å². The van der Waals surface area contributed by atoms with Gasteiger partial charge in [-0.1, -0.05) is 19.9 Å². The fourth-order valence-corrected chi connectivity index (χ4v) is 2.31. The largest absolute Gasteiger partial charge is 0.469 e. The second kappa shape index (κ2) is 7.07. The zero-order valence-corrected chi connectivity index (χ0v) is 12.8. The van der Waals surface area contributed by atoms with Gasteiger partial charge in [0.05, 0.1) is 18.0 Å². The topological polar surface area (TPSA) is 55.1 Å². The van der Waals surface area contributed by atoms with Gasteiger partial charge in [0.25, 0.3) is 0 Å². The molecule has 1 atom stereocenters. The molecule has 0 radical (unpaired) electrons. The van der Waals surface area contributed by atoms with E-state index in [2.05, 4.69) is 24.1 Å². The molecule has 0 aromatic carbocycles. The van der Waals surface area contributed by atoms with Crippen LogP contribution in [0.25, 0.3) is 0 Å². The summed E-state index contributed by atoms with van der Waals surface area (Å²) in [6.07, 6.45) is 4.43. The molecule has 0 aliphatic carbocycles. The maximum absolute atomic E-state index is 12.2. The van der Waals surface area contributed by atoms with Crippen molar-refractivity contribution in [3.8, 4) is 0 Å². The lowest BCUT2D eigenvalue weighted by atomic mass is 9.97. The van der Waals surface area contributed by atoms with Crippen LogP contribution in [-0.4, -0.2) is 10.9 Å². The van der Waals surface area contributed by atoms with E-state index in [1.807, 2.05) is 31.2 Å². The summed E-state index contributed by atoms with van der Waals surface area (Å²) in [4.78, 5) is 16.6. The summed E-state index contributed by atoms with van der Waals surface area (Å²) in [5.74, 6) is 1.14. The molecule has 0 fully saturated rings. The SMILES string of the molecule is Cc1cccnc1[C@H](NC(=O)CCc1ccco1)C(C)C. The van der Waals surface area contributed by atoms with Gasteiger partial charge in [-0.25, -0.2) is 0 Å². The van der Waals surface area contributed by atoms with Gasteiger partial charge in [-0.05, 0) is 36.6 Å². The highest BCUT2D eigenvalue weighted by Crippen LogP contribution is 2.22. The zero-order chi connectivity index (χ0) is 15.2. The van der Waals surface area contributed by atoms with E-state index in [4.69, 9.17) is 4.42 Å². The fourth-order valence-electron chi connectivity index (χ4n) is 2.31. The lowest BCUT2D eigenvalue weighted by Gasteiger charge is -2.23. The normalized spacial score (nSPS) is 12.4. The van der Waals surface area contributed by atoms with Crippen molar-refractivity contribution in [1.29, 1.82) is 0 Å². The van der Waals surface area contributed by atoms with Crippen molar-refractivity contribution in [1.82, 2.24) is 10.3 Å². The van der Waals surface area contributed by atoms with E-state index in [-0.39, 0.29) is 17.9 Å². The molecule has 0 aliphatic heterocycles. The van der Waals surface area contributed by atoms with Crippen LogP contribution in [0.5, 0.6) is 0 Å². The number of furan rings is 1. The molecule has 4 nitrogen and oxygen atoms in total. The first-order valence-corrected chi connectivity index (χ1v) is 7.31. The van der Waals surface area contributed by atoms with Crippen molar-refractivity contribution in [3.63, 3.8) is 0 Å². The van der Waals surface area contributed by atoms with Crippen molar-refractivity contribution in [2.75, 3.05) is 0 Å². The average Bonchev–Trinajstić information content (AvgIpc) is 2.96. The summed E-state index contributed by atoms with van der Waals surface area (Å²) in [6, 6.07) is 7.59. The molecule has 2 rings (SSSR count). The Kier molecular flexibility index (Phi) is 5.14. The molecule has 0 aliphatic rings. The van der Waals surface area contributed by atoms with Crippen molar-refractivity contribution in [2.45, 2.75) is 39.7 Å². The first kappa shape index (κ1) is 15.3. The third-order valence-electron chi connectivity index (χ3n) is 3.51. The van der Waals surface area contributed by atoms with Crippen LogP contribution >= 0.6 is 0 Å². The maximum Gasteiger partial charge on any atom is 0.220 e. The maximum atomic E-state index is 12.2. The molecular formula is C17H22N2O2. The lowest BCUT2D eigenvalue weighted by Crippen LogP contribution is -2.33. The number of nitrogens with zero attached hydrogens (tertiary/aromatic N) is 1. The van der Waals surface area contributed by atoms with E-state index < -0.39 is 0 Å². The quantitative estimate of drug-likeness (QED) is 0.885. The number of carbonyl (C=O) groups excluding carboxylic acids is 1. The molecule has 21 heavy (non-hydrogen) atoms. The predicted octanol–water partition coefficient (Wildman–Crippen LogP) is 3.43. The van der Waals surface area contributed by atoms with Gasteiger partial charge in [-0.15, -0.1) is 0 Å². The van der Waals surface area contributed by atoms with Crippen LogP contribution in [0.3, 0.4) is 0 Å². The molecule has 1 N–H and O–H groups in total. The highest BCUT2D eigenvalue weighted by molar-refractivity contribution is 5.76. The Hall–Kier alpha value is -2.10. The first-order valence-electron chi connectivity index (χ1n) is 7.31. The number of hydrogen-bond acceptors (Lipinski definition) is 3. The number of rotatable bonds is 6. The molecule has 2 heterocycles. The van der Waals surface area contributed by atoms with Gasteiger partial charge in [-0.3, -0.25) is 9.78 Å². The van der Waals surface area contributed by atoms with Crippen LogP contribution in [0.1, 0.15) is 43.3 Å². The van der Waals surface area contributed by atoms with Gasteiger partial charge >= 0.3 is 0 Å². The van der Waals surface area contributed by atoms with E-state index in [1.54, 1.807) is 12.5 Å². The van der Waals surface area contributed by atoms with Crippen LogP contribution in [-0.2, 0) is 11.2 Å². The minimum atomic E-state index is -0.0599. The number of hydrogen-bond donors (Lipinski definition) is 1. The second-order valence-corrected chi connectivity index (χ2v) is 5.57. The fraction of sp³-hybridized carbons (Fsp3) is 0.412. The standard InChI is InChI=1S/C17H22N2O2/c1-12(2)16(17-13(3)6-4-10-18-17)19-15(20)9-8-14-7-5-11-21-14/h4-7,10-12,16H,8-9H2,1-3H3,(H,19,20)/t16-/m1/s1. The number of carbonyl (C=O) groups is 1. The van der Waals surface area contributed by atoms with Crippen LogP contribution < -0.4 is 5.32 Å². The summed E-state index contributed by atoms with van der Waals surface area (Å²) in [7, 11) is 0. The first-order chi connectivity index (χ1) is 10.1. The Labute approximate surface area is 125 Å². The van der Waals surface area contributed by atoms with Crippen LogP contribution in [0.4, 0.5) is 0 Å². The van der Waals surface area contributed by atoms with Gasteiger partial charge in [-0.2, -0.15) is 0 Å². The molecule has 1 amide bonds. The van der Waals surface area contributed by atoms with Crippen molar-refractivity contribution < 1.29 is 9.21 Å². The van der Waals surface area contributed by atoms with Crippen LogP contribution in [0.2, 0.25) is 0 Å². The molecule has 2 aromatic heterocycles. The van der Waals surface area contributed by atoms with Crippen LogP contribution in [0, 0.1) is 12.8 Å². The van der Waals surface area contributed by atoms with Gasteiger partial charge in [0.15, 0.2) is 0 Å². The summed E-state index contributed by atoms with van der Waals surface area (Å²) >= 11 is 0. The van der Waals surface area contributed by atoms with E-state index in [9.17, 15) is 4.79 Å². The van der Waals surface area contributed by atoms with Crippen LogP contribution in [0.15, 0.2) is 41.1 Å². The third-order valence-corrected chi connectivity index (χ3v) is 3.51. The van der Waals surface area contributed by atoms with E-state index >= 15 is 0 Å². The molecular weight excluding hydrogens is 264 g/mol.